The van der Waals surface area contributed by atoms with Gasteiger partial charge in [0.15, 0.2) is 0 Å². The van der Waals surface area contributed by atoms with Crippen LogP contribution in [0.3, 0.4) is 0 Å². The molecule has 33 heavy (non-hydrogen) atoms. The largest absolute Gasteiger partial charge is 0.343 e. The van der Waals surface area contributed by atoms with E-state index >= 15 is 0 Å². The third-order valence-electron chi connectivity index (χ3n) is 6.48. The predicted octanol–water partition coefficient (Wildman–Crippen LogP) is 4.99. The van der Waals surface area contributed by atoms with Crippen LogP contribution in [-0.4, -0.2) is 38.8 Å². The minimum atomic E-state index is -0.228. The molecule has 6 nitrogen and oxygen atoms in total. The van der Waals surface area contributed by atoms with E-state index in [4.69, 9.17) is 4.63 Å². The van der Waals surface area contributed by atoms with Crippen molar-refractivity contribution in [2.45, 2.75) is 18.9 Å². The highest BCUT2D eigenvalue weighted by atomic mass is 19.1. The zero-order chi connectivity index (χ0) is 22.4. The van der Waals surface area contributed by atoms with Gasteiger partial charge in [-0.2, -0.15) is 0 Å². The van der Waals surface area contributed by atoms with Crippen LogP contribution in [0.4, 0.5) is 4.39 Å². The molecule has 0 radical (unpaired) electrons. The van der Waals surface area contributed by atoms with Crippen LogP contribution in [0, 0.1) is 5.82 Å². The number of nitrogens with zero attached hydrogens (tertiary/aromatic N) is 4. The van der Waals surface area contributed by atoms with Gasteiger partial charge in [0.2, 0.25) is 0 Å². The van der Waals surface area contributed by atoms with Crippen molar-refractivity contribution >= 4 is 27.8 Å². The molecule has 7 heteroatoms. The molecule has 1 aliphatic rings. The topological polar surface area (TPSA) is 64.2 Å². The summed E-state index contributed by atoms with van der Waals surface area (Å²) in [4.78, 5) is 15.0. The number of amides is 1. The Labute approximate surface area is 189 Å². The highest BCUT2D eigenvalue weighted by Gasteiger charge is 2.30. The van der Waals surface area contributed by atoms with E-state index in [1.54, 1.807) is 30.3 Å². The molecule has 0 bridgehead atoms. The fourth-order valence-corrected chi connectivity index (χ4v) is 4.86. The van der Waals surface area contributed by atoms with Gasteiger partial charge in [-0.3, -0.25) is 4.79 Å². The maximum atomic E-state index is 13.7. The number of fused-ring (bicyclic) bond motifs is 2. The van der Waals surface area contributed by atoms with E-state index in [1.165, 1.54) is 17.0 Å². The molecule has 164 valence electrons. The zero-order valence-electron chi connectivity index (χ0n) is 17.8. The van der Waals surface area contributed by atoms with Crippen LogP contribution < -0.4 is 0 Å². The second-order valence-electron chi connectivity index (χ2n) is 8.56. The Hall–Kier alpha value is -4.00. The second kappa shape index (κ2) is 7.85. The summed E-state index contributed by atoms with van der Waals surface area (Å²) in [6.45, 7) is 1.95. The van der Waals surface area contributed by atoms with Gasteiger partial charge >= 0.3 is 0 Å². The Morgan fingerprint density at radius 1 is 1.03 bits per heavy atom. The molecule has 1 unspecified atom stereocenters. The standard InChI is InChI=1S/C26H21FN4O2/c27-20-5-3-4-17(12-20)14-31-16-22(21-6-1-2-7-25(21)31)19-10-11-30(15-19)26(32)18-8-9-23-24(13-18)29-33-28-23/h1-9,12-13,16,19H,10-11,14-15H2. The maximum absolute atomic E-state index is 13.7. The van der Waals surface area contributed by atoms with E-state index in [1.807, 2.05) is 23.1 Å². The van der Waals surface area contributed by atoms with E-state index in [9.17, 15) is 9.18 Å². The van der Waals surface area contributed by atoms with E-state index in [-0.39, 0.29) is 17.6 Å². The highest BCUT2D eigenvalue weighted by Crippen LogP contribution is 2.35. The number of likely N-dealkylation sites (tertiary alicyclic amines) is 1. The lowest BCUT2D eigenvalue weighted by Crippen LogP contribution is -2.28. The number of benzene rings is 3. The van der Waals surface area contributed by atoms with Crippen molar-refractivity contribution < 1.29 is 13.8 Å². The molecule has 1 amide bonds. The van der Waals surface area contributed by atoms with E-state index in [2.05, 4.69) is 33.2 Å². The number of aromatic nitrogens is 3. The van der Waals surface area contributed by atoms with Crippen molar-refractivity contribution in [1.82, 2.24) is 19.8 Å². The number of rotatable bonds is 4. The van der Waals surface area contributed by atoms with Gasteiger partial charge in [-0.15, -0.1) is 0 Å². The van der Waals surface area contributed by atoms with Gasteiger partial charge in [-0.05, 0) is 64.3 Å². The van der Waals surface area contributed by atoms with Crippen LogP contribution in [0.25, 0.3) is 21.9 Å². The molecule has 6 rings (SSSR count). The molecule has 0 N–H and O–H groups in total. The SMILES string of the molecule is O=C(c1ccc2nonc2c1)N1CCC(c2cn(Cc3cccc(F)c3)c3ccccc23)C1. The van der Waals surface area contributed by atoms with Gasteiger partial charge in [0.1, 0.15) is 16.9 Å². The third kappa shape index (κ3) is 3.55. The number of hydrogen-bond donors (Lipinski definition) is 0. The number of halogens is 1. The summed E-state index contributed by atoms with van der Waals surface area (Å²) in [6.07, 6.45) is 3.06. The van der Waals surface area contributed by atoms with Crippen molar-refractivity contribution in [3.05, 3.63) is 95.4 Å². The van der Waals surface area contributed by atoms with Crippen molar-refractivity contribution in [2.75, 3.05) is 13.1 Å². The Balaban J connectivity index is 1.27. The van der Waals surface area contributed by atoms with Crippen molar-refractivity contribution in [2.24, 2.45) is 0 Å². The molecule has 1 aliphatic heterocycles. The zero-order valence-corrected chi connectivity index (χ0v) is 17.8. The second-order valence-corrected chi connectivity index (χ2v) is 8.56. The van der Waals surface area contributed by atoms with Gasteiger partial charge < -0.3 is 9.47 Å². The van der Waals surface area contributed by atoms with E-state index in [0.717, 1.165) is 17.5 Å². The lowest BCUT2D eigenvalue weighted by Gasteiger charge is -2.16. The average Bonchev–Trinajstić information content (AvgIpc) is 3.57. The molecule has 1 fully saturated rings. The first-order valence-electron chi connectivity index (χ1n) is 11.0. The minimum absolute atomic E-state index is 0.00843. The van der Waals surface area contributed by atoms with Crippen LogP contribution in [0.2, 0.25) is 0 Å². The average molecular weight is 440 g/mol. The molecule has 0 saturated carbocycles. The lowest BCUT2D eigenvalue weighted by molar-refractivity contribution is 0.0791. The Bertz CT molecular complexity index is 1490. The summed E-state index contributed by atoms with van der Waals surface area (Å²) < 4.78 is 20.6. The summed E-state index contributed by atoms with van der Waals surface area (Å²) in [5.41, 5.74) is 5.07. The Kier molecular flexibility index (Phi) is 4.68. The van der Waals surface area contributed by atoms with Crippen LogP contribution in [0.15, 0.2) is 77.6 Å². The molecule has 5 aromatic rings. The summed E-state index contributed by atoms with van der Waals surface area (Å²) in [5.74, 6) is 0.00433. The van der Waals surface area contributed by atoms with E-state index in [0.29, 0.717) is 36.2 Å². The van der Waals surface area contributed by atoms with Gasteiger partial charge in [0.25, 0.3) is 5.91 Å². The monoisotopic (exact) mass is 440 g/mol. The van der Waals surface area contributed by atoms with Crippen LogP contribution in [0.1, 0.15) is 33.8 Å². The first-order valence-corrected chi connectivity index (χ1v) is 11.0. The molecule has 0 aliphatic carbocycles. The van der Waals surface area contributed by atoms with Crippen molar-refractivity contribution in [3.63, 3.8) is 0 Å². The fraction of sp³-hybridized carbons (Fsp3) is 0.192. The molecule has 1 atom stereocenters. The Morgan fingerprint density at radius 2 is 1.91 bits per heavy atom. The van der Waals surface area contributed by atoms with Gasteiger partial charge in [-0.25, -0.2) is 9.02 Å². The van der Waals surface area contributed by atoms with Crippen LogP contribution in [0.5, 0.6) is 0 Å². The van der Waals surface area contributed by atoms with Gasteiger partial charge in [0.05, 0.1) is 0 Å². The summed E-state index contributed by atoms with van der Waals surface area (Å²) >= 11 is 0. The fourth-order valence-electron chi connectivity index (χ4n) is 4.86. The summed E-state index contributed by atoms with van der Waals surface area (Å²) in [7, 11) is 0. The molecule has 1 saturated heterocycles. The number of carbonyl (C=O) groups excluding carboxylic acids is 1. The number of carbonyl (C=O) groups is 1. The normalized spacial score (nSPS) is 16.2. The molecule has 3 aromatic carbocycles. The van der Waals surface area contributed by atoms with Crippen LogP contribution in [-0.2, 0) is 6.54 Å². The molecule has 0 spiro atoms. The number of para-hydroxylation sites is 1. The first-order chi connectivity index (χ1) is 16.2. The summed E-state index contributed by atoms with van der Waals surface area (Å²) in [6, 6.07) is 20.3. The molecule has 2 aromatic heterocycles. The third-order valence-corrected chi connectivity index (χ3v) is 6.48. The maximum Gasteiger partial charge on any atom is 0.253 e. The quantitative estimate of drug-likeness (QED) is 0.395. The minimum Gasteiger partial charge on any atom is -0.343 e. The van der Waals surface area contributed by atoms with Crippen molar-refractivity contribution in [1.29, 1.82) is 0 Å². The highest BCUT2D eigenvalue weighted by molar-refractivity contribution is 5.97. The van der Waals surface area contributed by atoms with Gasteiger partial charge in [0, 0.05) is 48.2 Å². The molecular formula is C26H21FN4O2. The van der Waals surface area contributed by atoms with Gasteiger partial charge in [-0.1, -0.05) is 30.3 Å². The Morgan fingerprint density at radius 3 is 2.82 bits per heavy atom. The smallest absolute Gasteiger partial charge is 0.253 e. The molecular weight excluding hydrogens is 419 g/mol. The lowest BCUT2D eigenvalue weighted by atomic mass is 9.98. The van der Waals surface area contributed by atoms with E-state index < -0.39 is 0 Å². The molecule has 3 heterocycles. The van der Waals surface area contributed by atoms with Crippen LogP contribution >= 0.6 is 0 Å². The van der Waals surface area contributed by atoms with Crippen molar-refractivity contribution in [3.8, 4) is 0 Å². The number of hydrogen-bond acceptors (Lipinski definition) is 4. The first kappa shape index (κ1) is 19.7. The summed E-state index contributed by atoms with van der Waals surface area (Å²) in [5, 5.41) is 8.83. The predicted molar refractivity (Wildman–Crippen MR) is 123 cm³/mol.